The fraction of sp³-hybridized carbons (Fsp3) is 0.714. The second-order valence-electron chi connectivity index (χ2n) is 6.59. The number of hydrogen-bond donors (Lipinski definition) is 0. The number of hydrogen-bond acceptors (Lipinski definition) is 2. The average Bonchev–Trinajstić information content (AvgIpc) is 2.63. The molecule has 1 heterocycles. The molecule has 0 aliphatic carbocycles. The Bertz CT molecular complexity index is 491. The normalized spacial score (nSPS) is 11.1. The number of unbranched alkanes of at least 4 members (excludes halogenated alkanes) is 2. The zero-order chi connectivity index (χ0) is 17.9. The molecular weight excluding hydrogens is 296 g/mol. The van der Waals surface area contributed by atoms with Crippen LogP contribution in [0.4, 0.5) is 5.82 Å². The summed E-state index contributed by atoms with van der Waals surface area (Å²) in [6.45, 7) is 10.7. The lowest BCUT2D eigenvalue weighted by Crippen LogP contribution is -2.41. The highest BCUT2D eigenvalue weighted by molar-refractivity contribution is 5.93. The summed E-state index contributed by atoms with van der Waals surface area (Å²) in [6, 6.07) is 2.51. The van der Waals surface area contributed by atoms with Crippen molar-refractivity contribution in [2.24, 2.45) is 0 Å². The molecule has 1 aromatic heterocycles. The van der Waals surface area contributed by atoms with E-state index in [1.807, 2.05) is 18.0 Å². The summed E-state index contributed by atoms with van der Waals surface area (Å²) in [5.41, 5.74) is 2.45. The van der Waals surface area contributed by atoms with Crippen LogP contribution in [0.25, 0.3) is 0 Å². The van der Waals surface area contributed by atoms with Gasteiger partial charge in [0.05, 0.1) is 0 Å². The molecule has 1 aromatic rings. The first kappa shape index (κ1) is 20.7. The number of amides is 1. The Morgan fingerprint density at radius 3 is 2.12 bits per heavy atom. The van der Waals surface area contributed by atoms with E-state index in [-0.39, 0.29) is 11.9 Å². The van der Waals surface area contributed by atoms with E-state index < -0.39 is 0 Å². The Balaban J connectivity index is 3.24. The van der Waals surface area contributed by atoms with Crippen LogP contribution in [0.1, 0.15) is 90.7 Å². The van der Waals surface area contributed by atoms with Crippen molar-refractivity contribution >= 4 is 11.7 Å². The molecule has 0 aliphatic heterocycles. The minimum atomic E-state index is 0.207. The maximum Gasteiger partial charge on any atom is 0.228 e. The summed E-state index contributed by atoms with van der Waals surface area (Å²) in [7, 11) is 0. The number of rotatable bonds is 11. The largest absolute Gasteiger partial charge is 0.293 e. The van der Waals surface area contributed by atoms with Crippen LogP contribution in [0.5, 0.6) is 0 Å². The van der Waals surface area contributed by atoms with Crippen molar-refractivity contribution in [2.75, 3.05) is 4.90 Å². The molecule has 3 heteroatoms. The smallest absolute Gasteiger partial charge is 0.228 e. The van der Waals surface area contributed by atoms with Crippen LogP contribution in [-0.2, 0) is 17.6 Å². The molecule has 0 saturated heterocycles. The molecule has 0 radical (unpaired) electrons. The lowest BCUT2D eigenvalue weighted by atomic mass is 10.00. The summed E-state index contributed by atoms with van der Waals surface area (Å²) < 4.78 is 0. The van der Waals surface area contributed by atoms with Gasteiger partial charge < -0.3 is 0 Å². The highest BCUT2D eigenvalue weighted by Gasteiger charge is 2.26. The quantitative estimate of drug-likeness (QED) is 0.521. The van der Waals surface area contributed by atoms with Crippen LogP contribution >= 0.6 is 0 Å². The maximum absolute atomic E-state index is 12.8. The molecule has 0 atom stereocenters. The SMILES string of the molecule is CCCCC(CCCC)N(C(=O)CC)c1ncc(CC)cc1CC. The minimum Gasteiger partial charge on any atom is -0.293 e. The van der Waals surface area contributed by atoms with Gasteiger partial charge in [-0.2, -0.15) is 0 Å². The third-order valence-electron chi connectivity index (χ3n) is 4.73. The zero-order valence-corrected chi connectivity index (χ0v) is 16.4. The van der Waals surface area contributed by atoms with Crippen LogP contribution in [0.3, 0.4) is 0 Å². The third-order valence-corrected chi connectivity index (χ3v) is 4.73. The maximum atomic E-state index is 12.8. The van der Waals surface area contributed by atoms with Gasteiger partial charge in [0, 0.05) is 18.7 Å². The second kappa shape index (κ2) is 11.2. The van der Waals surface area contributed by atoms with E-state index in [1.54, 1.807) is 0 Å². The van der Waals surface area contributed by atoms with Crippen molar-refractivity contribution in [1.29, 1.82) is 0 Å². The number of carbonyl (C=O) groups is 1. The first-order chi connectivity index (χ1) is 11.6. The summed E-state index contributed by atoms with van der Waals surface area (Å²) in [5.74, 6) is 1.11. The van der Waals surface area contributed by atoms with Gasteiger partial charge in [-0.25, -0.2) is 4.98 Å². The van der Waals surface area contributed by atoms with Crippen LogP contribution < -0.4 is 4.90 Å². The Hall–Kier alpha value is -1.38. The molecule has 1 amide bonds. The Kier molecular flexibility index (Phi) is 9.66. The van der Waals surface area contributed by atoms with Gasteiger partial charge in [-0.3, -0.25) is 9.69 Å². The van der Waals surface area contributed by atoms with Crippen molar-refractivity contribution in [2.45, 2.75) is 98.4 Å². The molecule has 0 fully saturated rings. The van der Waals surface area contributed by atoms with Crippen molar-refractivity contribution in [3.05, 3.63) is 23.4 Å². The molecule has 0 spiro atoms. The number of aromatic nitrogens is 1. The standard InChI is InChI=1S/C21H36N2O/c1-6-11-13-19(14-12-7-2)23(20(24)10-5)21-18(9-4)15-17(8-3)16-22-21/h15-16,19H,6-14H2,1-5H3. The van der Waals surface area contributed by atoms with Crippen LogP contribution in [0.15, 0.2) is 12.3 Å². The van der Waals surface area contributed by atoms with Gasteiger partial charge in [-0.1, -0.05) is 66.4 Å². The predicted octanol–water partition coefficient (Wildman–Crippen LogP) is 5.70. The van der Waals surface area contributed by atoms with E-state index in [1.165, 1.54) is 24.0 Å². The zero-order valence-electron chi connectivity index (χ0n) is 16.4. The van der Waals surface area contributed by atoms with Crippen molar-refractivity contribution in [3.63, 3.8) is 0 Å². The molecule has 1 rings (SSSR count). The lowest BCUT2D eigenvalue weighted by molar-refractivity contribution is -0.118. The highest BCUT2D eigenvalue weighted by Crippen LogP contribution is 2.27. The molecule has 3 nitrogen and oxygen atoms in total. The number of pyridine rings is 1. The summed E-state index contributed by atoms with van der Waals surface area (Å²) in [5, 5.41) is 0. The Morgan fingerprint density at radius 1 is 1.04 bits per heavy atom. The highest BCUT2D eigenvalue weighted by atomic mass is 16.2. The van der Waals surface area contributed by atoms with E-state index in [0.717, 1.165) is 44.3 Å². The van der Waals surface area contributed by atoms with Crippen molar-refractivity contribution < 1.29 is 4.79 Å². The number of anilines is 1. The van der Waals surface area contributed by atoms with E-state index >= 15 is 0 Å². The molecule has 24 heavy (non-hydrogen) atoms. The fourth-order valence-corrected chi connectivity index (χ4v) is 3.17. The molecule has 0 bridgehead atoms. The molecule has 0 saturated carbocycles. The van der Waals surface area contributed by atoms with Crippen LogP contribution in [-0.4, -0.2) is 16.9 Å². The number of aryl methyl sites for hydroxylation is 2. The third kappa shape index (κ3) is 5.61. The van der Waals surface area contributed by atoms with Crippen LogP contribution in [0, 0.1) is 0 Å². The first-order valence-corrected chi connectivity index (χ1v) is 9.92. The van der Waals surface area contributed by atoms with Gasteiger partial charge in [0.2, 0.25) is 5.91 Å². The lowest BCUT2D eigenvalue weighted by Gasteiger charge is -2.32. The van der Waals surface area contributed by atoms with Crippen LogP contribution in [0.2, 0.25) is 0 Å². The second-order valence-corrected chi connectivity index (χ2v) is 6.59. The fourth-order valence-electron chi connectivity index (χ4n) is 3.17. The van der Waals surface area contributed by atoms with E-state index in [0.29, 0.717) is 6.42 Å². The topological polar surface area (TPSA) is 33.2 Å². The Morgan fingerprint density at radius 2 is 1.67 bits per heavy atom. The monoisotopic (exact) mass is 332 g/mol. The number of carbonyl (C=O) groups excluding carboxylic acids is 1. The van der Waals surface area contributed by atoms with Crippen molar-refractivity contribution in [3.8, 4) is 0 Å². The molecular formula is C21H36N2O. The minimum absolute atomic E-state index is 0.207. The van der Waals surface area contributed by atoms with Gasteiger partial charge in [0.1, 0.15) is 5.82 Å². The average molecular weight is 333 g/mol. The van der Waals surface area contributed by atoms with Gasteiger partial charge in [0.15, 0.2) is 0 Å². The summed E-state index contributed by atoms with van der Waals surface area (Å²) in [4.78, 5) is 19.6. The first-order valence-electron chi connectivity index (χ1n) is 9.92. The van der Waals surface area contributed by atoms with Gasteiger partial charge in [0.25, 0.3) is 0 Å². The van der Waals surface area contributed by atoms with E-state index in [9.17, 15) is 4.79 Å². The molecule has 0 aromatic carbocycles. The van der Waals surface area contributed by atoms with Crippen molar-refractivity contribution in [1.82, 2.24) is 4.98 Å². The summed E-state index contributed by atoms with van der Waals surface area (Å²) >= 11 is 0. The molecule has 0 aliphatic rings. The summed E-state index contributed by atoms with van der Waals surface area (Å²) in [6.07, 6.45) is 11.2. The Labute approximate surface area is 148 Å². The van der Waals surface area contributed by atoms with E-state index in [2.05, 4.69) is 33.8 Å². The molecule has 0 unspecified atom stereocenters. The van der Waals surface area contributed by atoms with Gasteiger partial charge in [-0.05, 0) is 36.8 Å². The molecule has 136 valence electrons. The van der Waals surface area contributed by atoms with Gasteiger partial charge >= 0.3 is 0 Å². The predicted molar refractivity (Wildman–Crippen MR) is 104 cm³/mol. The van der Waals surface area contributed by atoms with E-state index in [4.69, 9.17) is 4.98 Å². The van der Waals surface area contributed by atoms with Gasteiger partial charge in [-0.15, -0.1) is 0 Å². The molecule has 0 N–H and O–H groups in total. The number of nitrogens with zero attached hydrogens (tertiary/aromatic N) is 2.